The summed E-state index contributed by atoms with van der Waals surface area (Å²) < 4.78 is 13.2. The predicted octanol–water partition coefficient (Wildman–Crippen LogP) is 4.67. The fraction of sp³-hybridized carbons (Fsp3) is 0.381. The monoisotopic (exact) mass is 408 g/mol. The number of piperidine rings is 1. The third-order valence-corrected chi connectivity index (χ3v) is 6.24. The molecule has 2 atom stereocenters. The molecule has 1 aliphatic heterocycles. The highest BCUT2D eigenvalue weighted by molar-refractivity contribution is 8.00. The maximum atomic E-state index is 13.2. The standard InChI is InChI=1S/C21H25FN2OS.ClH/c1-15(23)16-11-13-24(14-12-16)21(25)20(17-5-3-2-4-6-17)26-19-9-7-18(22)8-10-19;/h2-10,15-16,20H,11-14,23H2,1H3;1H. The second kappa shape index (κ2) is 10.1. The quantitative estimate of drug-likeness (QED) is 0.731. The lowest BCUT2D eigenvalue weighted by Gasteiger charge is -2.35. The van der Waals surface area contributed by atoms with Gasteiger partial charge in [-0.2, -0.15) is 0 Å². The van der Waals surface area contributed by atoms with Crippen LogP contribution in [0, 0.1) is 11.7 Å². The summed E-state index contributed by atoms with van der Waals surface area (Å²) in [7, 11) is 0. The number of hydrogen-bond acceptors (Lipinski definition) is 3. The van der Waals surface area contributed by atoms with E-state index in [4.69, 9.17) is 5.73 Å². The number of nitrogens with zero attached hydrogens (tertiary/aromatic N) is 1. The summed E-state index contributed by atoms with van der Waals surface area (Å²) >= 11 is 1.48. The maximum absolute atomic E-state index is 13.2. The first-order valence-electron chi connectivity index (χ1n) is 9.06. The van der Waals surface area contributed by atoms with Crippen molar-refractivity contribution >= 4 is 30.1 Å². The van der Waals surface area contributed by atoms with Gasteiger partial charge in [0, 0.05) is 24.0 Å². The van der Waals surface area contributed by atoms with Gasteiger partial charge in [0.25, 0.3) is 0 Å². The zero-order valence-electron chi connectivity index (χ0n) is 15.4. The number of halogens is 2. The molecule has 0 spiro atoms. The fourth-order valence-electron chi connectivity index (χ4n) is 3.35. The zero-order valence-corrected chi connectivity index (χ0v) is 17.0. The summed E-state index contributed by atoms with van der Waals surface area (Å²) in [6.45, 7) is 3.54. The van der Waals surface area contributed by atoms with Crippen molar-refractivity contribution in [3.63, 3.8) is 0 Å². The van der Waals surface area contributed by atoms with E-state index in [0.29, 0.717) is 5.92 Å². The van der Waals surface area contributed by atoms with Gasteiger partial charge < -0.3 is 10.6 Å². The van der Waals surface area contributed by atoms with Gasteiger partial charge in [-0.1, -0.05) is 30.3 Å². The molecule has 1 amide bonds. The summed E-state index contributed by atoms with van der Waals surface area (Å²) in [5.74, 6) is 0.336. The highest BCUT2D eigenvalue weighted by Crippen LogP contribution is 2.37. The van der Waals surface area contributed by atoms with Crippen molar-refractivity contribution in [3.8, 4) is 0 Å². The molecule has 2 aromatic carbocycles. The Morgan fingerprint density at radius 1 is 1.11 bits per heavy atom. The molecule has 0 bridgehead atoms. The van der Waals surface area contributed by atoms with Crippen molar-refractivity contribution in [1.82, 2.24) is 4.90 Å². The van der Waals surface area contributed by atoms with Crippen molar-refractivity contribution in [2.45, 2.75) is 36.0 Å². The molecule has 0 saturated carbocycles. The molecule has 27 heavy (non-hydrogen) atoms. The first-order chi connectivity index (χ1) is 12.5. The number of benzene rings is 2. The van der Waals surface area contributed by atoms with Crippen LogP contribution in [0.1, 0.15) is 30.6 Å². The molecule has 3 rings (SSSR count). The predicted molar refractivity (Wildman–Crippen MR) is 112 cm³/mol. The highest BCUT2D eigenvalue weighted by atomic mass is 35.5. The van der Waals surface area contributed by atoms with E-state index in [1.54, 1.807) is 12.1 Å². The smallest absolute Gasteiger partial charge is 0.240 e. The molecule has 2 aromatic rings. The number of nitrogens with two attached hydrogens (primary N) is 1. The SMILES string of the molecule is CC(N)C1CCN(C(=O)C(Sc2ccc(F)cc2)c2ccccc2)CC1.Cl. The Morgan fingerprint density at radius 2 is 1.70 bits per heavy atom. The van der Waals surface area contributed by atoms with Crippen molar-refractivity contribution in [2.24, 2.45) is 11.7 Å². The average Bonchev–Trinajstić information content (AvgIpc) is 2.68. The molecule has 0 aromatic heterocycles. The highest BCUT2D eigenvalue weighted by Gasteiger charge is 2.30. The Hall–Kier alpha value is -1.56. The number of carbonyl (C=O) groups is 1. The van der Waals surface area contributed by atoms with Crippen LogP contribution in [0.25, 0.3) is 0 Å². The van der Waals surface area contributed by atoms with E-state index in [0.717, 1.165) is 36.4 Å². The van der Waals surface area contributed by atoms with Gasteiger partial charge in [0.05, 0.1) is 0 Å². The summed E-state index contributed by atoms with van der Waals surface area (Å²) in [5.41, 5.74) is 6.99. The van der Waals surface area contributed by atoms with Gasteiger partial charge in [-0.05, 0) is 55.5 Å². The number of likely N-dealkylation sites (tertiary alicyclic amines) is 1. The Morgan fingerprint density at radius 3 is 2.26 bits per heavy atom. The zero-order chi connectivity index (χ0) is 18.5. The Balaban J connectivity index is 0.00000261. The van der Waals surface area contributed by atoms with Gasteiger partial charge in [-0.15, -0.1) is 24.2 Å². The van der Waals surface area contributed by atoms with Crippen molar-refractivity contribution in [3.05, 3.63) is 66.0 Å². The van der Waals surface area contributed by atoms with Crippen LogP contribution in [-0.2, 0) is 4.79 Å². The number of amides is 1. The Bertz CT molecular complexity index is 719. The lowest BCUT2D eigenvalue weighted by molar-refractivity contribution is -0.132. The minimum atomic E-state index is -0.325. The molecule has 1 heterocycles. The van der Waals surface area contributed by atoms with Crippen molar-refractivity contribution < 1.29 is 9.18 Å². The van der Waals surface area contributed by atoms with Crippen LogP contribution in [0.3, 0.4) is 0 Å². The summed E-state index contributed by atoms with van der Waals surface area (Å²) in [6.07, 6.45) is 1.90. The fourth-order valence-corrected chi connectivity index (χ4v) is 4.46. The second-order valence-corrected chi connectivity index (χ2v) is 8.06. The minimum Gasteiger partial charge on any atom is -0.341 e. The van der Waals surface area contributed by atoms with E-state index in [1.165, 1.54) is 23.9 Å². The van der Waals surface area contributed by atoms with Crippen molar-refractivity contribution in [1.29, 1.82) is 0 Å². The molecule has 1 saturated heterocycles. The number of carbonyl (C=O) groups excluding carboxylic acids is 1. The van der Waals surface area contributed by atoms with Gasteiger partial charge in [-0.25, -0.2) is 4.39 Å². The Labute approximate surface area is 170 Å². The summed E-state index contributed by atoms with van der Waals surface area (Å²) in [6, 6.07) is 16.3. The number of hydrogen-bond donors (Lipinski definition) is 1. The molecule has 0 radical (unpaired) electrons. The molecular weight excluding hydrogens is 383 g/mol. The van der Waals surface area contributed by atoms with Crippen LogP contribution in [-0.4, -0.2) is 29.9 Å². The summed E-state index contributed by atoms with van der Waals surface area (Å²) in [4.78, 5) is 16.1. The second-order valence-electron chi connectivity index (χ2n) is 6.88. The molecule has 2 N–H and O–H groups in total. The van der Waals surface area contributed by atoms with Crippen LogP contribution >= 0.6 is 24.2 Å². The van der Waals surface area contributed by atoms with Crippen LogP contribution in [0.5, 0.6) is 0 Å². The van der Waals surface area contributed by atoms with E-state index in [-0.39, 0.29) is 35.4 Å². The normalized spacial score (nSPS) is 17.1. The van der Waals surface area contributed by atoms with Gasteiger partial charge in [0.2, 0.25) is 5.91 Å². The number of rotatable bonds is 5. The van der Waals surface area contributed by atoms with E-state index in [9.17, 15) is 9.18 Å². The van der Waals surface area contributed by atoms with Crippen LogP contribution in [0.2, 0.25) is 0 Å². The average molecular weight is 409 g/mol. The molecule has 146 valence electrons. The molecule has 1 aliphatic rings. The first kappa shape index (κ1) is 21.7. The van der Waals surface area contributed by atoms with E-state index < -0.39 is 0 Å². The van der Waals surface area contributed by atoms with Crippen LogP contribution in [0.15, 0.2) is 59.5 Å². The molecule has 6 heteroatoms. The van der Waals surface area contributed by atoms with E-state index >= 15 is 0 Å². The molecule has 0 aliphatic carbocycles. The molecule has 1 fully saturated rings. The van der Waals surface area contributed by atoms with Crippen LogP contribution < -0.4 is 5.73 Å². The molecule has 3 nitrogen and oxygen atoms in total. The van der Waals surface area contributed by atoms with E-state index in [1.807, 2.05) is 42.2 Å². The van der Waals surface area contributed by atoms with Crippen LogP contribution in [0.4, 0.5) is 4.39 Å². The first-order valence-corrected chi connectivity index (χ1v) is 9.94. The minimum absolute atomic E-state index is 0. The van der Waals surface area contributed by atoms with Gasteiger partial charge in [0.1, 0.15) is 11.1 Å². The topological polar surface area (TPSA) is 46.3 Å². The third kappa shape index (κ3) is 5.71. The lowest BCUT2D eigenvalue weighted by atomic mass is 9.90. The third-order valence-electron chi connectivity index (χ3n) is 4.99. The van der Waals surface area contributed by atoms with Gasteiger partial charge in [-0.3, -0.25) is 4.79 Å². The molecule has 2 unspecified atom stereocenters. The largest absolute Gasteiger partial charge is 0.341 e. The number of thioether (sulfide) groups is 1. The van der Waals surface area contributed by atoms with E-state index in [2.05, 4.69) is 0 Å². The van der Waals surface area contributed by atoms with Gasteiger partial charge in [0.15, 0.2) is 0 Å². The molecular formula is C21H26ClFN2OS. The summed E-state index contributed by atoms with van der Waals surface area (Å²) in [5, 5.41) is -0.325. The Kier molecular flexibility index (Phi) is 8.14. The lowest BCUT2D eigenvalue weighted by Crippen LogP contribution is -2.43. The van der Waals surface area contributed by atoms with Crippen molar-refractivity contribution in [2.75, 3.05) is 13.1 Å². The maximum Gasteiger partial charge on any atom is 0.240 e. The van der Waals surface area contributed by atoms with Gasteiger partial charge >= 0.3 is 0 Å².